The lowest BCUT2D eigenvalue weighted by Gasteiger charge is -2.24. The number of carbonyl (C=O) groups is 1. The number of esters is 1. The third-order valence-corrected chi connectivity index (χ3v) is 18.2. The molecule has 0 bridgehead atoms. The van der Waals surface area contributed by atoms with Crippen LogP contribution in [0.3, 0.4) is 0 Å². The maximum absolute atomic E-state index is 12.6. The molecule has 1 aromatic heterocycles. The first-order valence-electron chi connectivity index (χ1n) is 14.0. The molecule has 0 spiro atoms. The van der Waals surface area contributed by atoms with E-state index in [4.69, 9.17) is 14.2 Å². The molecule has 0 N–H and O–H groups in total. The Labute approximate surface area is 283 Å². The van der Waals surface area contributed by atoms with Gasteiger partial charge in [-0.1, -0.05) is 99.4 Å². The number of unbranched alkanes of at least 4 members (excludes halogenated alkanes) is 6. The normalized spacial score (nSPS) is 18.7. The van der Waals surface area contributed by atoms with Crippen molar-refractivity contribution < 1.29 is 19.0 Å². The van der Waals surface area contributed by atoms with E-state index in [1.54, 1.807) is 34.9 Å². The fourth-order valence-electron chi connectivity index (χ4n) is 3.78. The third-order valence-electron chi connectivity index (χ3n) is 5.95. The summed E-state index contributed by atoms with van der Waals surface area (Å²) in [7, 11) is 0. The summed E-state index contributed by atoms with van der Waals surface area (Å²) in [5.74, 6) is 3.99. The van der Waals surface area contributed by atoms with E-state index in [0.717, 1.165) is 11.5 Å². The Morgan fingerprint density at radius 3 is 2.02 bits per heavy atom. The first-order chi connectivity index (χ1) is 20.1. The van der Waals surface area contributed by atoms with Gasteiger partial charge in [-0.3, -0.25) is 4.79 Å². The predicted molar refractivity (Wildman–Crippen MR) is 196 cm³/mol. The van der Waals surface area contributed by atoms with Gasteiger partial charge in [0.1, 0.15) is 13.2 Å². The highest BCUT2D eigenvalue weighted by Gasteiger charge is 2.31. The molecule has 4 rings (SSSR count). The van der Waals surface area contributed by atoms with E-state index in [9.17, 15) is 4.79 Å². The second-order valence-electron chi connectivity index (χ2n) is 9.28. The summed E-state index contributed by atoms with van der Waals surface area (Å²) in [6.45, 7) is 5.15. The van der Waals surface area contributed by atoms with E-state index in [2.05, 4.69) is 43.6 Å². The lowest BCUT2D eigenvalue weighted by atomic mass is 10.2. The maximum atomic E-state index is 12.6. The number of carbonyl (C=O) groups excluding carboxylic acids is 1. The molecule has 1 aromatic rings. The number of ether oxygens (including phenoxy) is 3. The number of rotatable bonds is 18. The molecule has 0 aliphatic carbocycles. The minimum Gasteiger partial charge on any atom is -0.485 e. The van der Waals surface area contributed by atoms with Crippen LogP contribution in [-0.2, 0) is 9.53 Å². The molecule has 0 aromatic carbocycles. The summed E-state index contributed by atoms with van der Waals surface area (Å²) in [6.07, 6.45) is 12.3. The average molecular weight is 727 g/mol. The largest absolute Gasteiger partial charge is 0.485 e. The van der Waals surface area contributed by atoms with Gasteiger partial charge in [0.15, 0.2) is 17.6 Å². The van der Waals surface area contributed by atoms with Crippen LogP contribution in [0, 0.1) is 0 Å². The maximum Gasteiger partial charge on any atom is 0.316 e. The molecule has 1 unspecified atom stereocenters. The first kappa shape index (κ1) is 34.7. The number of hydrogen-bond donors (Lipinski definition) is 0. The number of thiophene rings is 1. The summed E-state index contributed by atoms with van der Waals surface area (Å²) < 4.78 is 25.3. The van der Waals surface area contributed by atoms with Crippen molar-refractivity contribution >= 4 is 111 Å². The van der Waals surface area contributed by atoms with E-state index >= 15 is 0 Å². The molecule has 0 radical (unpaired) electrons. The Kier molecular flexibility index (Phi) is 16.3. The lowest BCUT2D eigenvalue weighted by Crippen LogP contribution is -2.34. The SMILES string of the molecule is CCCCCCSC1=C(SCCCCCC)SC(=C2SC(SC)=C(SCC(=O)OCC3COc4cscc4O3)S2)S1. The van der Waals surface area contributed by atoms with Crippen molar-refractivity contribution in [1.82, 2.24) is 0 Å². The van der Waals surface area contributed by atoms with Crippen LogP contribution in [0.4, 0.5) is 0 Å². The Bertz CT molecular complexity index is 1070. The van der Waals surface area contributed by atoms with Gasteiger partial charge in [-0.15, -0.1) is 58.4 Å². The highest BCUT2D eigenvalue weighted by Crippen LogP contribution is 2.66. The summed E-state index contributed by atoms with van der Waals surface area (Å²) >= 11 is 16.6. The zero-order valence-electron chi connectivity index (χ0n) is 23.7. The standard InChI is InChI=1S/C28H38O4S9/c1-4-6-8-10-12-35-25-26(36-13-11-9-7-5-2)41-28(40-25)27-38-23(33-3)24(39-27)37-18-22(29)31-15-19-14-30-20-16-34-17-21(20)32-19/h16-17,19H,4-15,18H2,1-3H3. The number of hydrogen-bond acceptors (Lipinski definition) is 13. The van der Waals surface area contributed by atoms with Crippen LogP contribution in [0.5, 0.6) is 11.5 Å². The van der Waals surface area contributed by atoms with Gasteiger partial charge in [0.05, 0.1) is 31.2 Å². The lowest BCUT2D eigenvalue weighted by molar-refractivity contribution is -0.143. The molecule has 41 heavy (non-hydrogen) atoms. The van der Waals surface area contributed by atoms with Crippen LogP contribution < -0.4 is 9.47 Å². The highest BCUT2D eigenvalue weighted by atomic mass is 32.3. The average Bonchev–Trinajstić information content (AvgIpc) is 3.72. The number of fused-ring (bicyclic) bond motifs is 1. The summed E-state index contributed by atoms with van der Waals surface area (Å²) in [5.41, 5.74) is 0. The molecule has 0 amide bonds. The van der Waals surface area contributed by atoms with Gasteiger partial charge in [0.25, 0.3) is 0 Å². The summed E-state index contributed by atoms with van der Waals surface area (Å²) in [6, 6.07) is 0. The molecule has 1 atom stereocenters. The monoisotopic (exact) mass is 726 g/mol. The van der Waals surface area contributed by atoms with Crippen molar-refractivity contribution in [3.05, 3.63) is 36.2 Å². The van der Waals surface area contributed by atoms with Crippen molar-refractivity contribution in [2.75, 3.05) is 36.7 Å². The van der Waals surface area contributed by atoms with Crippen molar-refractivity contribution in [1.29, 1.82) is 0 Å². The van der Waals surface area contributed by atoms with Crippen LogP contribution in [0.2, 0.25) is 0 Å². The van der Waals surface area contributed by atoms with E-state index in [1.165, 1.54) is 88.3 Å². The van der Waals surface area contributed by atoms with Gasteiger partial charge < -0.3 is 14.2 Å². The van der Waals surface area contributed by atoms with Gasteiger partial charge in [-0.05, 0) is 30.6 Å². The third kappa shape index (κ3) is 11.3. The van der Waals surface area contributed by atoms with Gasteiger partial charge in [-0.25, -0.2) is 0 Å². The molecule has 0 fully saturated rings. The second kappa shape index (κ2) is 19.3. The van der Waals surface area contributed by atoms with Crippen molar-refractivity contribution in [2.24, 2.45) is 0 Å². The summed E-state index contributed by atoms with van der Waals surface area (Å²) in [5, 5.41) is 3.84. The zero-order valence-corrected chi connectivity index (χ0v) is 31.1. The quantitative estimate of drug-likeness (QED) is 0.107. The smallest absolute Gasteiger partial charge is 0.316 e. The van der Waals surface area contributed by atoms with Gasteiger partial charge in [0, 0.05) is 10.8 Å². The molecule has 0 saturated carbocycles. The molecule has 13 heteroatoms. The van der Waals surface area contributed by atoms with E-state index in [-0.39, 0.29) is 18.7 Å². The summed E-state index contributed by atoms with van der Waals surface area (Å²) in [4.78, 5) is 12.6. The fourth-order valence-corrected chi connectivity index (χ4v) is 16.0. The molecule has 0 saturated heterocycles. The first-order valence-corrected chi connectivity index (χ1v) is 22.4. The molecular formula is C28H38O4S9. The van der Waals surface area contributed by atoms with E-state index < -0.39 is 0 Å². The van der Waals surface area contributed by atoms with Gasteiger partial charge >= 0.3 is 5.97 Å². The topological polar surface area (TPSA) is 44.8 Å². The minimum absolute atomic E-state index is 0.205. The van der Waals surface area contributed by atoms with E-state index in [0.29, 0.717) is 12.4 Å². The molecular weight excluding hydrogens is 689 g/mol. The Morgan fingerprint density at radius 2 is 1.41 bits per heavy atom. The van der Waals surface area contributed by atoms with Gasteiger partial charge in [0.2, 0.25) is 0 Å². The molecule has 3 aliphatic heterocycles. The Morgan fingerprint density at radius 1 is 0.829 bits per heavy atom. The number of thioether (sulfide) groups is 8. The molecule has 228 valence electrons. The van der Waals surface area contributed by atoms with Crippen LogP contribution >= 0.6 is 105 Å². The van der Waals surface area contributed by atoms with E-state index in [1.807, 2.05) is 57.8 Å². The Hall–Kier alpha value is 0.790. The van der Waals surface area contributed by atoms with Gasteiger partial charge in [-0.2, -0.15) is 0 Å². The molecule has 3 aliphatic rings. The molecule has 4 nitrogen and oxygen atoms in total. The molecule has 4 heterocycles. The van der Waals surface area contributed by atoms with Crippen LogP contribution in [0.1, 0.15) is 65.2 Å². The fraction of sp³-hybridized carbons (Fsp3) is 0.607. The van der Waals surface area contributed by atoms with Crippen molar-refractivity contribution in [3.8, 4) is 11.5 Å². The minimum atomic E-state index is -0.263. The van der Waals surface area contributed by atoms with Crippen molar-refractivity contribution in [2.45, 2.75) is 71.3 Å². The van der Waals surface area contributed by atoms with Crippen LogP contribution in [0.15, 0.2) is 36.2 Å². The van der Waals surface area contributed by atoms with Crippen molar-refractivity contribution in [3.63, 3.8) is 0 Å². The highest BCUT2D eigenvalue weighted by molar-refractivity contribution is 8.45. The Balaban J connectivity index is 1.26. The van der Waals surface area contributed by atoms with Crippen LogP contribution in [-0.4, -0.2) is 48.8 Å². The van der Waals surface area contributed by atoms with Crippen LogP contribution in [0.25, 0.3) is 0 Å². The zero-order chi connectivity index (χ0) is 28.9. The second-order valence-corrected chi connectivity index (χ2v) is 19.7. The predicted octanol–water partition coefficient (Wildman–Crippen LogP) is 11.5.